The Morgan fingerprint density at radius 3 is 2.61 bits per heavy atom. The maximum atomic E-state index is 12.4. The highest BCUT2D eigenvalue weighted by molar-refractivity contribution is 7.92. The van der Waals surface area contributed by atoms with Crippen LogP contribution in [0, 0.1) is 6.92 Å². The highest BCUT2D eigenvalue weighted by Gasteiger charge is 2.38. The van der Waals surface area contributed by atoms with Crippen molar-refractivity contribution in [1.82, 2.24) is 10.3 Å². The molecule has 1 aromatic carbocycles. The number of amides is 1. The van der Waals surface area contributed by atoms with E-state index in [0.717, 1.165) is 5.56 Å². The largest absolute Gasteiger partial charge is 0.431 e. The molecule has 0 aliphatic carbocycles. The van der Waals surface area contributed by atoms with Gasteiger partial charge in [0.15, 0.2) is 9.84 Å². The molecule has 1 amide bonds. The molecule has 1 fully saturated rings. The van der Waals surface area contributed by atoms with Crippen molar-refractivity contribution in [2.24, 2.45) is 0 Å². The van der Waals surface area contributed by atoms with E-state index in [-0.39, 0.29) is 11.5 Å². The van der Waals surface area contributed by atoms with E-state index < -0.39 is 27.0 Å². The molecule has 1 aliphatic rings. The Morgan fingerprint density at radius 1 is 1.30 bits per heavy atom. The molecule has 0 bridgehead atoms. The molecule has 3 rings (SSSR count). The lowest BCUT2D eigenvalue weighted by molar-refractivity contribution is 0.0909. The van der Waals surface area contributed by atoms with E-state index >= 15 is 0 Å². The first kappa shape index (κ1) is 15.7. The van der Waals surface area contributed by atoms with Crippen LogP contribution in [0.2, 0.25) is 0 Å². The number of aryl methyl sites for hydroxylation is 1. The first-order valence-corrected chi connectivity index (χ1v) is 9.15. The van der Waals surface area contributed by atoms with Crippen LogP contribution < -0.4 is 5.32 Å². The lowest BCUT2D eigenvalue weighted by Crippen LogP contribution is -2.40. The van der Waals surface area contributed by atoms with Gasteiger partial charge in [-0.25, -0.2) is 13.4 Å². The maximum absolute atomic E-state index is 12.4. The lowest BCUT2D eigenvalue weighted by atomic mass is 10.1. The van der Waals surface area contributed by atoms with Crippen molar-refractivity contribution in [1.29, 1.82) is 0 Å². The van der Waals surface area contributed by atoms with E-state index in [1.165, 1.54) is 0 Å². The molecule has 122 valence electrons. The number of aromatic nitrogens is 1. The Morgan fingerprint density at radius 2 is 2.00 bits per heavy atom. The molecule has 0 saturated carbocycles. The molecule has 7 heteroatoms. The van der Waals surface area contributed by atoms with Crippen LogP contribution in [0.25, 0.3) is 11.5 Å². The topological polar surface area (TPSA) is 89.3 Å². The van der Waals surface area contributed by atoms with Gasteiger partial charge in [-0.05, 0) is 32.4 Å². The number of sulfone groups is 1. The van der Waals surface area contributed by atoms with E-state index in [1.54, 1.807) is 13.8 Å². The second-order valence-corrected chi connectivity index (χ2v) is 8.22. The van der Waals surface area contributed by atoms with E-state index in [0.29, 0.717) is 18.0 Å². The van der Waals surface area contributed by atoms with Crippen LogP contribution in [0.3, 0.4) is 0 Å². The number of carbonyl (C=O) groups excluding carboxylic acids is 1. The van der Waals surface area contributed by atoms with Gasteiger partial charge in [-0.1, -0.05) is 18.2 Å². The van der Waals surface area contributed by atoms with Crippen LogP contribution in [-0.2, 0) is 9.84 Å². The third kappa shape index (κ3) is 3.01. The van der Waals surface area contributed by atoms with Crippen LogP contribution in [0.15, 0.2) is 34.7 Å². The molecule has 1 N–H and O–H groups in total. The minimum atomic E-state index is -3.11. The van der Waals surface area contributed by atoms with Crippen LogP contribution in [0.4, 0.5) is 0 Å². The molecule has 2 aromatic rings. The summed E-state index contributed by atoms with van der Waals surface area (Å²) in [6.07, 6.45) is 0.425. The third-order valence-corrected chi connectivity index (χ3v) is 6.45. The smallest absolute Gasteiger partial charge is 0.289 e. The summed E-state index contributed by atoms with van der Waals surface area (Å²) >= 11 is 0. The number of rotatable bonds is 3. The van der Waals surface area contributed by atoms with E-state index in [9.17, 15) is 13.2 Å². The normalized spacial score (nSPS) is 22.9. The Balaban J connectivity index is 1.80. The number of benzene rings is 1. The summed E-state index contributed by atoms with van der Waals surface area (Å²) in [4.78, 5) is 16.7. The molecule has 6 nitrogen and oxygen atoms in total. The Hall–Kier alpha value is -2.15. The van der Waals surface area contributed by atoms with Gasteiger partial charge in [0.2, 0.25) is 11.7 Å². The average molecular weight is 334 g/mol. The molecule has 1 aliphatic heterocycles. The number of hydrogen-bond donors (Lipinski definition) is 1. The first-order valence-electron chi connectivity index (χ1n) is 7.44. The van der Waals surface area contributed by atoms with Gasteiger partial charge in [-0.3, -0.25) is 4.79 Å². The van der Waals surface area contributed by atoms with Crippen molar-refractivity contribution in [3.05, 3.63) is 41.8 Å². The van der Waals surface area contributed by atoms with Gasteiger partial charge >= 0.3 is 0 Å². The van der Waals surface area contributed by atoms with Gasteiger partial charge in [0.25, 0.3) is 5.91 Å². The Bertz CT molecular complexity index is 827. The van der Waals surface area contributed by atoms with Crippen molar-refractivity contribution >= 4 is 15.7 Å². The Labute approximate surface area is 134 Å². The fraction of sp³-hybridized carbons (Fsp3) is 0.375. The minimum Gasteiger partial charge on any atom is -0.431 e. The molecule has 1 saturated heterocycles. The second-order valence-electron chi connectivity index (χ2n) is 5.74. The molecular formula is C16H18N2O4S. The fourth-order valence-corrected chi connectivity index (χ4v) is 4.36. The Kier molecular flexibility index (Phi) is 3.97. The highest BCUT2D eigenvalue weighted by atomic mass is 32.2. The summed E-state index contributed by atoms with van der Waals surface area (Å²) in [6, 6.07) is 8.91. The van der Waals surface area contributed by atoms with Crippen molar-refractivity contribution in [2.75, 3.05) is 5.75 Å². The van der Waals surface area contributed by atoms with Crippen LogP contribution in [0.5, 0.6) is 0 Å². The maximum Gasteiger partial charge on any atom is 0.289 e. The van der Waals surface area contributed by atoms with Crippen molar-refractivity contribution < 1.29 is 17.6 Å². The fourth-order valence-electron chi connectivity index (χ4n) is 2.70. The number of hydrogen-bond acceptors (Lipinski definition) is 5. The van der Waals surface area contributed by atoms with Crippen molar-refractivity contribution in [3.63, 3.8) is 0 Å². The van der Waals surface area contributed by atoms with Gasteiger partial charge in [0.05, 0.1) is 16.7 Å². The van der Waals surface area contributed by atoms with Gasteiger partial charge in [0.1, 0.15) is 0 Å². The zero-order valence-corrected chi connectivity index (χ0v) is 13.8. The molecule has 2 heterocycles. The van der Waals surface area contributed by atoms with E-state index in [2.05, 4.69) is 10.3 Å². The monoisotopic (exact) mass is 334 g/mol. The number of nitrogens with one attached hydrogen (secondary N) is 1. The molecular weight excluding hydrogens is 316 g/mol. The molecule has 1 aromatic heterocycles. The predicted molar refractivity (Wildman–Crippen MR) is 85.8 cm³/mol. The zero-order chi connectivity index (χ0) is 16.6. The number of nitrogens with zero attached hydrogens (tertiary/aromatic N) is 1. The summed E-state index contributed by atoms with van der Waals surface area (Å²) in [5.74, 6) is 0.177. The molecule has 0 unspecified atom stereocenters. The van der Waals surface area contributed by atoms with Crippen LogP contribution in [0.1, 0.15) is 29.6 Å². The average Bonchev–Trinajstić information content (AvgIpc) is 3.03. The summed E-state index contributed by atoms with van der Waals surface area (Å²) in [5, 5.41) is 2.17. The summed E-state index contributed by atoms with van der Waals surface area (Å²) in [7, 11) is -3.11. The molecule has 0 spiro atoms. The predicted octanol–water partition coefficient (Wildman–Crippen LogP) is 1.96. The van der Waals surface area contributed by atoms with Gasteiger partial charge < -0.3 is 9.73 Å². The molecule has 23 heavy (non-hydrogen) atoms. The quantitative estimate of drug-likeness (QED) is 0.927. The summed E-state index contributed by atoms with van der Waals surface area (Å²) < 4.78 is 29.1. The van der Waals surface area contributed by atoms with E-state index in [4.69, 9.17) is 4.42 Å². The second kappa shape index (κ2) is 5.81. The zero-order valence-electron chi connectivity index (χ0n) is 12.9. The van der Waals surface area contributed by atoms with E-state index in [1.807, 2.05) is 30.3 Å². The minimum absolute atomic E-state index is 0.101. The third-order valence-electron chi connectivity index (χ3n) is 4.19. The molecule has 2 atom stereocenters. The van der Waals surface area contributed by atoms with Gasteiger partial charge in [-0.15, -0.1) is 0 Å². The first-order chi connectivity index (χ1) is 10.9. The SMILES string of the molecule is Cc1nc(-c2ccccc2)oc1C(=O)N[C@H]1CCS(=O)(=O)[C@H]1C. The van der Waals surface area contributed by atoms with Crippen molar-refractivity contribution in [3.8, 4) is 11.5 Å². The number of oxazole rings is 1. The van der Waals surface area contributed by atoms with Gasteiger partial charge in [0, 0.05) is 11.6 Å². The van der Waals surface area contributed by atoms with Crippen LogP contribution in [-0.4, -0.2) is 36.4 Å². The standard InChI is InChI=1S/C16H18N2O4S/c1-10-14(22-16(17-10)12-6-4-3-5-7-12)15(19)18-13-8-9-23(20,21)11(13)2/h3-7,11,13H,8-9H2,1-2H3,(H,18,19)/t11-,13-/m0/s1. The van der Waals surface area contributed by atoms with Gasteiger partial charge in [-0.2, -0.15) is 0 Å². The lowest BCUT2D eigenvalue weighted by Gasteiger charge is -2.15. The van der Waals surface area contributed by atoms with Crippen molar-refractivity contribution in [2.45, 2.75) is 31.6 Å². The summed E-state index contributed by atoms with van der Waals surface area (Å²) in [5.41, 5.74) is 1.27. The molecule has 0 radical (unpaired) electrons. The number of carbonyl (C=O) groups is 1. The highest BCUT2D eigenvalue weighted by Crippen LogP contribution is 2.23. The van der Waals surface area contributed by atoms with Crippen LogP contribution >= 0.6 is 0 Å². The summed E-state index contributed by atoms with van der Waals surface area (Å²) in [6.45, 7) is 3.32.